The summed E-state index contributed by atoms with van der Waals surface area (Å²) in [6.07, 6.45) is 1.08. The van der Waals surface area contributed by atoms with Gasteiger partial charge in [-0.3, -0.25) is 0 Å². The number of hydrogen-bond acceptors (Lipinski definition) is 3. The summed E-state index contributed by atoms with van der Waals surface area (Å²) in [5.41, 5.74) is 1.28. The molecule has 0 radical (unpaired) electrons. The molecule has 1 aromatic carbocycles. The van der Waals surface area contributed by atoms with Crippen LogP contribution in [0.4, 0.5) is 0 Å². The summed E-state index contributed by atoms with van der Waals surface area (Å²) in [4.78, 5) is 0. The van der Waals surface area contributed by atoms with Crippen molar-refractivity contribution in [2.24, 2.45) is 0 Å². The third-order valence-corrected chi connectivity index (χ3v) is 2.68. The van der Waals surface area contributed by atoms with Gasteiger partial charge in [-0.05, 0) is 30.7 Å². The highest BCUT2D eigenvalue weighted by molar-refractivity contribution is 5.30. The van der Waals surface area contributed by atoms with Gasteiger partial charge in [0.1, 0.15) is 12.4 Å². The van der Waals surface area contributed by atoms with Crippen LogP contribution in [0.5, 0.6) is 5.75 Å². The van der Waals surface area contributed by atoms with E-state index in [0.29, 0.717) is 19.3 Å². The lowest BCUT2D eigenvalue weighted by atomic mass is 10.0. The molecule has 0 saturated carbocycles. The molecule has 0 aliphatic carbocycles. The first-order valence-corrected chi connectivity index (χ1v) is 6.26. The lowest BCUT2D eigenvalue weighted by molar-refractivity contribution is 0.146. The van der Waals surface area contributed by atoms with E-state index < -0.39 is 0 Å². The largest absolute Gasteiger partial charge is 0.491 e. The van der Waals surface area contributed by atoms with Crippen molar-refractivity contribution >= 4 is 0 Å². The molecule has 0 amide bonds. The van der Waals surface area contributed by atoms with Gasteiger partial charge < -0.3 is 14.8 Å². The van der Waals surface area contributed by atoms with Gasteiger partial charge in [-0.15, -0.1) is 0 Å². The molecular formula is C14H23NO2. The van der Waals surface area contributed by atoms with E-state index in [0.717, 1.165) is 18.7 Å². The van der Waals surface area contributed by atoms with E-state index in [-0.39, 0.29) is 0 Å². The molecular weight excluding hydrogens is 214 g/mol. The molecule has 0 aliphatic rings. The van der Waals surface area contributed by atoms with E-state index in [4.69, 9.17) is 9.47 Å². The van der Waals surface area contributed by atoms with E-state index >= 15 is 0 Å². The van der Waals surface area contributed by atoms with Crippen LogP contribution >= 0.6 is 0 Å². The van der Waals surface area contributed by atoms with Gasteiger partial charge in [0.15, 0.2) is 0 Å². The molecule has 1 atom stereocenters. The quantitative estimate of drug-likeness (QED) is 0.705. The zero-order chi connectivity index (χ0) is 12.5. The highest BCUT2D eigenvalue weighted by atomic mass is 16.5. The first kappa shape index (κ1) is 14.0. The van der Waals surface area contributed by atoms with Crippen LogP contribution in [0.1, 0.15) is 31.9 Å². The Morgan fingerprint density at radius 3 is 2.71 bits per heavy atom. The predicted octanol–water partition coefficient (Wildman–Crippen LogP) is 2.77. The SMILES string of the molecule is CCNC(CC)c1cccc(OCCOC)c1. The normalized spacial score (nSPS) is 12.4. The van der Waals surface area contributed by atoms with E-state index in [1.807, 2.05) is 12.1 Å². The second kappa shape index (κ2) is 8.09. The Labute approximate surface area is 104 Å². The first-order valence-electron chi connectivity index (χ1n) is 6.26. The van der Waals surface area contributed by atoms with Crippen molar-refractivity contribution in [2.75, 3.05) is 26.9 Å². The molecule has 0 spiro atoms. The van der Waals surface area contributed by atoms with Crippen molar-refractivity contribution in [1.82, 2.24) is 5.32 Å². The number of rotatable bonds is 8. The average molecular weight is 237 g/mol. The molecule has 3 nitrogen and oxygen atoms in total. The van der Waals surface area contributed by atoms with Crippen molar-refractivity contribution in [1.29, 1.82) is 0 Å². The van der Waals surface area contributed by atoms with Crippen LogP contribution in [-0.4, -0.2) is 26.9 Å². The predicted molar refractivity (Wildman–Crippen MR) is 70.5 cm³/mol. The average Bonchev–Trinajstić information content (AvgIpc) is 2.36. The van der Waals surface area contributed by atoms with Gasteiger partial charge in [0, 0.05) is 13.2 Å². The van der Waals surface area contributed by atoms with Crippen molar-refractivity contribution in [3.63, 3.8) is 0 Å². The Balaban J connectivity index is 2.63. The number of ether oxygens (including phenoxy) is 2. The minimum atomic E-state index is 0.408. The molecule has 1 aromatic rings. The van der Waals surface area contributed by atoms with Gasteiger partial charge in [0.2, 0.25) is 0 Å². The summed E-state index contributed by atoms with van der Waals surface area (Å²) in [7, 11) is 1.68. The lowest BCUT2D eigenvalue weighted by Crippen LogP contribution is -2.20. The molecule has 1 rings (SSSR count). The van der Waals surface area contributed by atoms with Gasteiger partial charge in [0.05, 0.1) is 6.61 Å². The molecule has 0 fully saturated rings. The van der Waals surface area contributed by atoms with Crippen LogP contribution in [0.25, 0.3) is 0 Å². The zero-order valence-electron chi connectivity index (χ0n) is 11.0. The van der Waals surface area contributed by atoms with Crippen LogP contribution in [0.3, 0.4) is 0 Å². The van der Waals surface area contributed by atoms with Crippen molar-refractivity contribution in [2.45, 2.75) is 26.3 Å². The highest BCUT2D eigenvalue weighted by Gasteiger charge is 2.08. The van der Waals surface area contributed by atoms with Gasteiger partial charge in [0.25, 0.3) is 0 Å². The van der Waals surface area contributed by atoms with E-state index in [1.165, 1.54) is 5.56 Å². The molecule has 3 heteroatoms. The zero-order valence-corrected chi connectivity index (χ0v) is 11.0. The fourth-order valence-corrected chi connectivity index (χ4v) is 1.81. The third kappa shape index (κ3) is 4.75. The van der Waals surface area contributed by atoms with Crippen LogP contribution in [0.2, 0.25) is 0 Å². The summed E-state index contributed by atoms with van der Waals surface area (Å²) < 4.78 is 10.6. The Morgan fingerprint density at radius 1 is 1.24 bits per heavy atom. The minimum Gasteiger partial charge on any atom is -0.491 e. The van der Waals surface area contributed by atoms with Crippen LogP contribution in [-0.2, 0) is 4.74 Å². The summed E-state index contributed by atoms with van der Waals surface area (Å²) in [5.74, 6) is 0.913. The number of methoxy groups -OCH3 is 1. The fourth-order valence-electron chi connectivity index (χ4n) is 1.81. The first-order chi connectivity index (χ1) is 8.31. The molecule has 0 bridgehead atoms. The summed E-state index contributed by atoms with van der Waals surface area (Å²) in [6.45, 7) is 6.51. The smallest absolute Gasteiger partial charge is 0.119 e. The topological polar surface area (TPSA) is 30.5 Å². The minimum absolute atomic E-state index is 0.408. The maximum Gasteiger partial charge on any atom is 0.119 e. The molecule has 96 valence electrons. The van der Waals surface area contributed by atoms with Crippen molar-refractivity contribution in [3.05, 3.63) is 29.8 Å². The Hall–Kier alpha value is -1.06. The van der Waals surface area contributed by atoms with Crippen LogP contribution in [0.15, 0.2) is 24.3 Å². The van der Waals surface area contributed by atoms with E-state index in [9.17, 15) is 0 Å². The second-order valence-corrected chi connectivity index (χ2v) is 3.93. The van der Waals surface area contributed by atoms with Crippen LogP contribution in [0, 0.1) is 0 Å². The molecule has 0 aromatic heterocycles. The van der Waals surface area contributed by atoms with Gasteiger partial charge >= 0.3 is 0 Å². The summed E-state index contributed by atoms with van der Waals surface area (Å²) in [6, 6.07) is 8.67. The van der Waals surface area contributed by atoms with Gasteiger partial charge in [-0.25, -0.2) is 0 Å². The number of hydrogen-bond donors (Lipinski definition) is 1. The van der Waals surface area contributed by atoms with Crippen molar-refractivity contribution in [3.8, 4) is 5.75 Å². The van der Waals surface area contributed by atoms with Crippen LogP contribution < -0.4 is 10.1 Å². The standard InChI is InChI=1S/C14H23NO2/c1-4-14(15-5-2)12-7-6-8-13(11-12)17-10-9-16-3/h6-8,11,14-15H,4-5,9-10H2,1-3H3. The maximum atomic E-state index is 5.61. The van der Waals surface area contributed by atoms with E-state index in [2.05, 4.69) is 31.3 Å². The molecule has 0 heterocycles. The monoisotopic (exact) mass is 237 g/mol. The maximum absolute atomic E-state index is 5.61. The second-order valence-electron chi connectivity index (χ2n) is 3.93. The third-order valence-electron chi connectivity index (χ3n) is 2.68. The Bertz CT molecular complexity index is 315. The number of benzene rings is 1. The molecule has 17 heavy (non-hydrogen) atoms. The molecule has 1 N–H and O–H groups in total. The fraction of sp³-hybridized carbons (Fsp3) is 0.571. The molecule has 1 unspecified atom stereocenters. The Morgan fingerprint density at radius 2 is 2.06 bits per heavy atom. The van der Waals surface area contributed by atoms with Gasteiger partial charge in [-0.2, -0.15) is 0 Å². The lowest BCUT2D eigenvalue weighted by Gasteiger charge is -2.17. The van der Waals surface area contributed by atoms with Gasteiger partial charge in [-0.1, -0.05) is 26.0 Å². The van der Waals surface area contributed by atoms with Crippen molar-refractivity contribution < 1.29 is 9.47 Å². The molecule has 0 saturated heterocycles. The van der Waals surface area contributed by atoms with E-state index in [1.54, 1.807) is 7.11 Å². The summed E-state index contributed by atoms with van der Waals surface area (Å²) in [5, 5.41) is 3.46. The summed E-state index contributed by atoms with van der Waals surface area (Å²) >= 11 is 0. The Kier molecular flexibility index (Phi) is 6.67. The highest BCUT2D eigenvalue weighted by Crippen LogP contribution is 2.21. The number of nitrogens with one attached hydrogen (secondary N) is 1. The molecule has 0 aliphatic heterocycles.